The van der Waals surface area contributed by atoms with E-state index < -0.39 is 24.6 Å². The summed E-state index contributed by atoms with van der Waals surface area (Å²) in [6, 6.07) is 0. The van der Waals surface area contributed by atoms with Crippen LogP contribution in [0, 0.1) is 0 Å². The zero-order valence-corrected chi connectivity index (χ0v) is 18.6. The molecule has 0 rings (SSSR count). The van der Waals surface area contributed by atoms with E-state index in [1.165, 1.54) is 50.3 Å². The molecule has 0 aliphatic carbocycles. The van der Waals surface area contributed by atoms with Gasteiger partial charge in [-0.2, -0.15) is 11.8 Å². The molecule has 0 radical (unpaired) electrons. The number of hydrogen-bond donors (Lipinski definition) is 2. The normalized spacial score (nSPS) is 11.8. The van der Waals surface area contributed by atoms with Crippen LogP contribution in [0.3, 0.4) is 0 Å². The summed E-state index contributed by atoms with van der Waals surface area (Å²) in [6.45, 7) is 1.65. The van der Waals surface area contributed by atoms with Gasteiger partial charge in [-0.15, -0.1) is 0 Å². The minimum absolute atomic E-state index is 0.0495. The number of aliphatic hydroxyl groups excluding tert-OH is 1. The van der Waals surface area contributed by atoms with Crippen molar-refractivity contribution >= 4 is 29.7 Å². The Kier molecular flexibility index (Phi) is 19.1. The summed E-state index contributed by atoms with van der Waals surface area (Å²) in [5.74, 6) is -0.830. The van der Waals surface area contributed by atoms with Crippen LogP contribution >= 0.6 is 11.8 Å². The second-order valence-electron chi connectivity index (χ2n) is 7.06. The van der Waals surface area contributed by atoms with Crippen LogP contribution in [0.25, 0.3) is 0 Å². The monoisotopic (exact) mass is 434 g/mol. The van der Waals surface area contributed by atoms with Gasteiger partial charge in [-0.05, 0) is 6.42 Å². The third-order valence-corrected chi connectivity index (χ3v) is 5.31. The highest BCUT2D eigenvalue weighted by Crippen LogP contribution is 2.11. The lowest BCUT2D eigenvalue weighted by molar-refractivity contribution is -0.161. The highest BCUT2D eigenvalue weighted by Gasteiger charge is 2.16. The number of rotatable bonds is 20. The Morgan fingerprint density at radius 1 is 0.828 bits per heavy atom. The lowest BCUT2D eigenvalue weighted by Gasteiger charge is -2.15. The summed E-state index contributed by atoms with van der Waals surface area (Å²) in [7, 11) is 0. The molecule has 0 heterocycles. The maximum atomic E-state index is 11.8. The van der Waals surface area contributed by atoms with Crippen molar-refractivity contribution < 1.29 is 34.1 Å². The topological polar surface area (TPSA) is 110 Å². The third kappa shape index (κ3) is 19.8. The predicted molar refractivity (Wildman–Crippen MR) is 114 cm³/mol. The Labute approximate surface area is 178 Å². The van der Waals surface area contributed by atoms with Crippen molar-refractivity contribution in [2.45, 2.75) is 90.1 Å². The molecule has 0 bridgehead atoms. The van der Waals surface area contributed by atoms with Crippen molar-refractivity contribution in [2.24, 2.45) is 0 Å². The van der Waals surface area contributed by atoms with E-state index in [9.17, 15) is 19.5 Å². The number of carboxylic acid groups (broad SMARTS) is 1. The molecule has 0 saturated carbocycles. The predicted octanol–water partition coefficient (Wildman–Crippen LogP) is 3.95. The number of aliphatic carboxylic acids is 1. The van der Waals surface area contributed by atoms with Gasteiger partial charge in [0, 0.05) is 17.9 Å². The van der Waals surface area contributed by atoms with Gasteiger partial charge in [0.25, 0.3) is 0 Å². The quantitative estimate of drug-likeness (QED) is 0.219. The molecular formula is C21H38O7S. The fraction of sp³-hybridized carbons (Fsp3) is 0.857. The van der Waals surface area contributed by atoms with Crippen molar-refractivity contribution in [3.05, 3.63) is 0 Å². The lowest BCUT2D eigenvalue weighted by Crippen LogP contribution is -2.28. The van der Waals surface area contributed by atoms with Crippen molar-refractivity contribution in [1.29, 1.82) is 0 Å². The number of carbonyl (C=O) groups excluding carboxylic acids is 2. The van der Waals surface area contributed by atoms with E-state index in [2.05, 4.69) is 6.92 Å². The minimum atomic E-state index is -0.871. The summed E-state index contributed by atoms with van der Waals surface area (Å²) in [4.78, 5) is 33.9. The molecule has 8 heteroatoms. The molecule has 29 heavy (non-hydrogen) atoms. The molecule has 1 atom stereocenters. The van der Waals surface area contributed by atoms with E-state index in [1.807, 2.05) is 0 Å². The van der Waals surface area contributed by atoms with Crippen LogP contribution in [0.15, 0.2) is 0 Å². The number of carbonyl (C=O) groups is 3. The van der Waals surface area contributed by atoms with Crippen molar-refractivity contribution in [2.75, 3.05) is 24.7 Å². The molecular weight excluding hydrogens is 396 g/mol. The van der Waals surface area contributed by atoms with Gasteiger partial charge in [-0.25, -0.2) is 0 Å². The molecule has 0 spiro atoms. The van der Waals surface area contributed by atoms with E-state index in [0.717, 1.165) is 19.3 Å². The first kappa shape index (κ1) is 27.7. The Bertz CT molecular complexity index is 443. The number of esters is 2. The number of carboxylic acids is 1. The van der Waals surface area contributed by atoms with Gasteiger partial charge < -0.3 is 19.7 Å². The summed E-state index contributed by atoms with van der Waals surface area (Å²) in [6.07, 6.45) is 10.2. The van der Waals surface area contributed by atoms with Gasteiger partial charge in [-0.1, -0.05) is 58.3 Å². The summed E-state index contributed by atoms with van der Waals surface area (Å²) >= 11 is 1.35. The van der Waals surface area contributed by atoms with Gasteiger partial charge in [0.1, 0.15) is 6.61 Å². The third-order valence-electron chi connectivity index (χ3n) is 4.33. The minimum Gasteiger partial charge on any atom is -0.481 e. The van der Waals surface area contributed by atoms with Gasteiger partial charge in [0.2, 0.25) is 0 Å². The molecule has 0 aromatic heterocycles. The molecule has 0 aromatic carbocycles. The second kappa shape index (κ2) is 20.0. The molecule has 0 aromatic rings. The average molecular weight is 435 g/mol. The number of aliphatic hydroxyl groups is 1. The summed E-state index contributed by atoms with van der Waals surface area (Å²) in [5, 5.41) is 17.8. The second-order valence-corrected chi connectivity index (χ2v) is 8.29. The van der Waals surface area contributed by atoms with Crippen LogP contribution in [0.5, 0.6) is 0 Å². The molecule has 0 aliphatic heterocycles. The average Bonchev–Trinajstić information content (AvgIpc) is 2.69. The van der Waals surface area contributed by atoms with E-state index >= 15 is 0 Å². The largest absolute Gasteiger partial charge is 0.481 e. The Morgan fingerprint density at radius 2 is 1.41 bits per heavy atom. The van der Waals surface area contributed by atoms with E-state index in [4.69, 9.17) is 14.6 Å². The van der Waals surface area contributed by atoms with Gasteiger partial charge >= 0.3 is 17.9 Å². The number of hydrogen-bond acceptors (Lipinski definition) is 7. The lowest BCUT2D eigenvalue weighted by atomic mass is 10.1. The smallest absolute Gasteiger partial charge is 0.307 e. The van der Waals surface area contributed by atoms with Crippen molar-refractivity contribution in [3.63, 3.8) is 0 Å². The maximum absolute atomic E-state index is 11.8. The van der Waals surface area contributed by atoms with Crippen LogP contribution in [0.4, 0.5) is 0 Å². The van der Waals surface area contributed by atoms with Crippen molar-refractivity contribution in [3.8, 4) is 0 Å². The van der Waals surface area contributed by atoms with Crippen LogP contribution in [-0.4, -0.2) is 58.9 Å². The fourth-order valence-electron chi connectivity index (χ4n) is 2.62. The number of unbranched alkanes of at least 4 members (excludes halogenated alkanes) is 8. The van der Waals surface area contributed by atoms with Crippen LogP contribution < -0.4 is 0 Å². The van der Waals surface area contributed by atoms with Crippen LogP contribution in [0.2, 0.25) is 0 Å². The fourth-order valence-corrected chi connectivity index (χ4v) is 3.46. The molecule has 0 aliphatic rings. The van der Waals surface area contributed by atoms with E-state index in [1.54, 1.807) is 0 Å². The van der Waals surface area contributed by atoms with Crippen molar-refractivity contribution in [1.82, 2.24) is 0 Å². The molecule has 2 N–H and O–H groups in total. The van der Waals surface area contributed by atoms with E-state index in [0.29, 0.717) is 17.9 Å². The Hall–Kier alpha value is -1.28. The van der Waals surface area contributed by atoms with Gasteiger partial charge in [0.15, 0.2) is 6.10 Å². The number of thioether (sulfide) groups is 1. The Morgan fingerprint density at radius 3 is 2.00 bits per heavy atom. The van der Waals surface area contributed by atoms with Crippen LogP contribution in [0.1, 0.15) is 84.0 Å². The number of ether oxygens (including phenoxy) is 2. The SMILES string of the molecule is CCCCCCCCCCCC(=O)OCC(CO)OC(=O)CCSCCC(=O)O. The zero-order chi connectivity index (χ0) is 21.7. The first-order valence-electron chi connectivity index (χ1n) is 10.7. The van der Waals surface area contributed by atoms with Crippen LogP contribution in [-0.2, 0) is 23.9 Å². The Balaban J connectivity index is 3.67. The first-order chi connectivity index (χ1) is 14.0. The molecule has 0 amide bonds. The first-order valence-corrected chi connectivity index (χ1v) is 11.9. The van der Waals surface area contributed by atoms with Gasteiger partial charge in [-0.3, -0.25) is 14.4 Å². The summed E-state index contributed by atoms with van der Waals surface area (Å²) < 4.78 is 10.2. The van der Waals surface area contributed by atoms with Gasteiger partial charge in [0.05, 0.1) is 19.4 Å². The molecule has 0 saturated heterocycles. The highest BCUT2D eigenvalue weighted by molar-refractivity contribution is 7.99. The standard InChI is InChI=1S/C21H38O7S/c1-2-3-4-5-6-7-8-9-10-11-20(25)27-17-18(16-22)28-21(26)13-15-29-14-12-19(23)24/h18,22H,2-17H2,1H3,(H,23,24). The highest BCUT2D eigenvalue weighted by atomic mass is 32.2. The molecule has 170 valence electrons. The van der Waals surface area contributed by atoms with E-state index in [-0.39, 0.29) is 25.4 Å². The molecule has 1 unspecified atom stereocenters. The zero-order valence-electron chi connectivity index (χ0n) is 17.7. The maximum Gasteiger partial charge on any atom is 0.307 e. The summed E-state index contributed by atoms with van der Waals surface area (Å²) in [5.41, 5.74) is 0. The molecule has 7 nitrogen and oxygen atoms in total. The molecule has 0 fully saturated rings.